The van der Waals surface area contributed by atoms with Gasteiger partial charge in [-0.25, -0.2) is 4.39 Å². The van der Waals surface area contributed by atoms with E-state index in [4.69, 9.17) is 9.52 Å². The number of benzene rings is 1. The summed E-state index contributed by atoms with van der Waals surface area (Å²) >= 11 is 0. The molecule has 0 amide bonds. The fourth-order valence-corrected chi connectivity index (χ4v) is 2.14. The molecule has 0 bridgehead atoms. The van der Waals surface area contributed by atoms with Gasteiger partial charge in [-0.1, -0.05) is 6.07 Å². The number of hydrogen-bond donors (Lipinski definition) is 3. The summed E-state index contributed by atoms with van der Waals surface area (Å²) in [6.45, 7) is 1.81. The van der Waals surface area contributed by atoms with Crippen LogP contribution in [-0.2, 0) is 0 Å². The van der Waals surface area contributed by atoms with Crippen molar-refractivity contribution in [3.63, 3.8) is 0 Å². The third-order valence-corrected chi connectivity index (χ3v) is 3.42. The molecular weight excluding hydrogens is 299 g/mol. The Hall–Kier alpha value is -2.33. The zero-order valence-corrected chi connectivity index (χ0v) is 12.7. The van der Waals surface area contributed by atoms with Gasteiger partial charge in [-0.2, -0.15) is 0 Å². The van der Waals surface area contributed by atoms with Crippen LogP contribution in [0, 0.1) is 5.82 Å². The van der Waals surface area contributed by atoms with Crippen LogP contribution >= 0.6 is 0 Å². The van der Waals surface area contributed by atoms with Crippen molar-refractivity contribution in [2.45, 2.75) is 32.0 Å². The molecule has 1 aromatic carbocycles. The van der Waals surface area contributed by atoms with Gasteiger partial charge in [0.15, 0.2) is 11.6 Å². The van der Waals surface area contributed by atoms with Crippen LogP contribution in [0.1, 0.15) is 43.3 Å². The molecule has 0 aliphatic heterocycles. The lowest BCUT2D eigenvalue weighted by atomic mass is 10.1. The first kappa shape index (κ1) is 17.0. The summed E-state index contributed by atoms with van der Waals surface area (Å²) < 4.78 is 18.4. The Balaban J connectivity index is 1.94. The molecule has 0 spiro atoms. The van der Waals surface area contributed by atoms with Gasteiger partial charge >= 0.3 is 0 Å². The maximum Gasteiger partial charge on any atom is 0.165 e. The number of aliphatic hydroxyl groups excluding tert-OH is 2. The van der Waals surface area contributed by atoms with Crippen LogP contribution < -0.4 is 0 Å². The standard InChI is InChI=1S/C18H19FO4/c1-12(10-17(22)18-6-3-9-23-18)4-2-5-15(20)13-7-8-16(21)14(19)11-13/h2-3,6-9,11,15,17,20-22H,5,10H2,1H3/t4?,15-,17-/m1/s1. The third kappa shape index (κ3) is 4.83. The van der Waals surface area contributed by atoms with Gasteiger partial charge in [0.2, 0.25) is 0 Å². The Labute approximate surface area is 133 Å². The summed E-state index contributed by atoms with van der Waals surface area (Å²) in [5.74, 6) is -0.719. The van der Waals surface area contributed by atoms with E-state index in [0.717, 1.165) is 11.6 Å². The largest absolute Gasteiger partial charge is 0.505 e. The zero-order chi connectivity index (χ0) is 16.8. The van der Waals surface area contributed by atoms with Crippen molar-refractivity contribution in [2.24, 2.45) is 0 Å². The minimum Gasteiger partial charge on any atom is -0.505 e. The van der Waals surface area contributed by atoms with Crippen LogP contribution in [0.25, 0.3) is 0 Å². The molecule has 2 atom stereocenters. The monoisotopic (exact) mass is 318 g/mol. The molecule has 3 N–H and O–H groups in total. The van der Waals surface area contributed by atoms with Gasteiger partial charge in [-0.15, -0.1) is 5.73 Å². The molecular formula is C18H19FO4. The summed E-state index contributed by atoms with van der Waals surface area (Å²) in [6.07, 6.45) is 2.13. The molecule has 0 aliphatic carbocycles. The molecule has 0 unspecified atom stereocenters. The lowest BCUT2D eigenvalue weighted by Crippen LogP contribution is -1.97. The van der Waals surface area contributed by atoms with E-state index in [0.29, 0.717) is 17.7 Å². The maximum absolute atomic E-state index is 13.2. The third-order valence-electron chi connectivity index (χ3n) is 3.42. The topological polar surface area (TPSA) is 73.8 Å². The molecule has 1 aromatic heterocycles. The first-order valence-electron chi connectivity index (χ1n) is 7.26. The van der Waals surface area contributed by atoms with E-state index >= 15 is 0 Å². The summed E-state index contributed by atoms with van der Waals surface area (Å²) in [4.78, 5) is 0. The van der Waals surface area contributed by atoms with Gasteiger partial charge in [0.05, 0.1) is 12.4 Å². The van der Waals surface area contributed by atoms with Crippen LogP contribution in [0.4, 0.5) is 4.39 Å². The molecule has 0 saturated heterocycles. The molecule has 23 heavy (non-hydrogen) atoms. The van der Waals surface area contributed by atoms with Gasteiger partial charge < -0.3 is 19.7 Å². The number of phenolic OH excluding ortho intramolecular Hbond substituents is 1. The summed E-state index contributed by atoms with van der Waals surface area (Å²) in [6, 6.07) is 7.18. The van der Waals surface area contributed by atoms with Gasteiger partial charge in [0.1, 0.15) is 11.9 Å². The lowest BCUT2D eigenvalue weighted by molar-refractivity contribution is 0.150. The molecule has 0 aliphatic rings. The van der Waals surface area contributed by atoms with E-state index in [1.165, 1.54) is 18.4 Å². The second-order valence-corrected chi connectivity index (χ2v) is 5.33. The van der Waals surface area contributed by atoms with E-state index in [1.54, 1.807) is 18.2 Å². The molecule has 4 nitrogen and oxygen atoms in total. The molecule has 5 heteroatoms. The average molecular weight is 318 g/mol. The second kappa shape index (κ2) is 7.79. The van der Waals surface area contributed by atoms with Crippen molar-refractivity contribution in [3.05, 3.63) is 71.1 Å². The molecule has 122 valence electrons. The minimum absolute atomic E-state index is 0.248. The number of halogens is 1. The van der Waals surface area contributed by atoms with Gasteiger partial charge in [0, 0.05) is 12.8 Å². The first-order valence-corrected chi connectivity index (χ1v) is 7.26. The number of aliphatic hydroxyl groups is 2. The number of aromatic hydroxyl groups is 1. The van der Waals surface area contributed by atoms with Crippen molar-refractivity contribution in [1.29, 1.82) is 0 Å². The highest BCUT2D eigenvalue weighted by Crippen LogP contribution is 2.23. The van der Waals surface area contributed by atoms with Gasteiger partial charge in [-0.3, -0.25) is 0 Å². The Bertz CT molecular complexity index is 700. The number of phenols is 1. The second-order valence-electron chi connectivity index (χ2n) is 5.33. The molecule has 1 heterocycles. The SMILES string of the molecule is CC(=C=CC[C@@H](O)c1ccc(O)c(F)c1)C[C@@H](O)c1ccco1. The highest BCUT2D eigenvalue weighted by atomic mass is 19.1. The van der Waals surface area contributed by atoms with Crippen molar-refractivity contribution >= 4 is 0 Å². The van der Waals surface area contributed by atoms with Crippen molar-refractivity contribution in [2.75, 3.05) is 0 Å². The van der Waals surface area contributed by atoms with Crippen LogP contribution in [0.3, 0.4) is 0 Å². The van der Waals surface area contributed by atoms with Crippen LogP contribution in [-0.4, -0.2) is 15.3 Å². The van der Waals surface area contributed by atoms with Crippen molar-refractivity contribution in [3.8, 4) is 5.75 Å². The summed E-state index contributed by atoms with van der Waals surface area (Å²) in [5, 5.41) is 29.1. The van der Waals surface area contributed by atoms with E-state index in [9.17, 15) is 14.6 Å². The normalized spacial score (nSPS) is 13.2. The highest BCUT2D eigenvalue weighted by molar-refractivity contribution is 5.29. The number of hydrogen-bond acceptors (Lipinski definition) is 4. The highest BCUT2D eigenvalue weighted by Gasteiger charge is 2.11. The number of rotatable bonds is 6. The van der Waals surface area contributed by atoms with Gasteiger partial charge in [0.25, 0.3) is 0 Å². The molecule has 2 aromatic rings. The lowest BCUT2D eigenvalue weighted by Gasteiger charge is -2.08. The van der Waals surface area contributed by atoms with Gasteiger partial charge in [-0.05, 0) is 48.4 Å². The van der Waals surface area contributed by atoms with E-state index in [-0.39, 0.29) is 6.42 Å². The average Bonchev–Trinajstić information content (AvgIpc) is 3.04. The Kier molecular flexibility index (Phi) is 5.77. The molecule has 0 fully saturated rings. The predicted octanol–water partition coefficient (Wildman–Crippen LogP) is 3.77. The molecule has 0 radical (unpaired) electrons. The quantitative estimate of drug-likeness (QED) is 0.709. The Morgan fingerprint density at radius 3 is 2.74 bits per heavy atom. The fraction of sp³-hybridized carbons (Fsp3) is 0.278. The number of furan rings is 1. The fourth-order valence-electron chi connectivity index (χ4n) is 2.14. The van der Waals surface area contributed by atoms with E-state index in [2.05, 4.69) is 5.73 Å². The zero-order valence-electron chi connectivity index (χ0n) is 12.7. The van der Waals surface area contributed by atoms with Crippen LogP contribution in [0.15, 0.2) is 58.4 Å². The van der Waals surface area contributed by atoms with Crippen molar-refractivity contribution in [1.82, 2.24) is 0 Å². The van der Waals surface area contributed by atoms with Crippen molar-refractivity contribution < 1.29 is 24.1 Å². The smallest absolute Gasteiger partial charge is 0.165 e. The molecule has 2 rings (SSSR count). The minimum atomic E-state index is -0.889. The van der Waals surface area contributed by atoms with Crippen LogP contribution in [0.5, 0.6) is 5.75 Å². The Morgan fingerprint density at radius 1 is 1.30 bits per heavy atom. The van der Waals surface area contributed by atoms with E-state index in [1.807, 2.05) is 6.92 Å². The predicted molar refractivity (Wildman–Crippen MR) is 83.2 cm³/mol. The first-order chi connectivity index (χ1) is 11.0. The molecule has 0 saturated carbocycles. The Morgan fingerprint density at radius 2 is 2.09 bits per heavy atom. The van der Waals surface area contributed by atoms with Crippen LogP contribution in [0.2, 0.25) is 0 Å². The van der Waals surface area contributed by atoms with E-state index < -0.39 is 23.8 Å². The summed E-state index contributed by atoms with van der Waals surface area (Å²) in [5.41, 5.74) is 4.17. The summed E-state index contributed by atoms with van der Waals surface area (Å²) in [7, 11) is 0. The maximum atomic E-state index is 13.2.